The molecule has 0 aliphatic rings. The fraction of sp³-hybridized carbons (Fsp3) is 0. The number of rotatable bonds is 1. The van der Waals surface area contributed by atoms with Gasteiger partial charge in [-0.25, -0.2) is 4.98 Å². The third-order valence-corrected chi connectivity index (χ3v) is 4.16. The third-order valence-electron chi connectivity index (χ3n) is 3.56. The summed E-state index contributed by atoms with van der Waals surface area (Å²) in [6, 6.07) is 13.9. The summed E-state index contributed by atoms with van der Waals surface area (Å²) in [6.07, 6.45) is 3.32. The molecule has 4 rings (SSSR count). The minimum atomic E-state index is 0.437. The average molecular weight is 314 g/mol. The number of halogens is 2. The molecule has 4 heteroatoms. The monoisotopic (exact) mass is 313 g/mol. The zero-order valence-corrected chi connectivity index (χ0v) is 12.3. The van der Waals surface area contributed by atoms with Gasteiger partial charge in [-0.1, -0.05) is 59.6 Å². The van der Waals surface area contributed by atoms with E-state index in [0.717, 1.165) is 32.9 Å². The fourth-order valence-corrected chi connectivity index (χ4v) is 2.95. The summed E-state index contributed by atoms with van der Waals surface area (Å²) in [5.41, 5.74) is 0.953. The van der Waals surface area contributed by atoms with Gasteiger partial charge < -0.3 is 4.42 Å². The molecule has 2 aromatic heterocycles. The van der Waals surface area contributed by atoms with Crippen LogP contribution in [0.25, 0.3) is 32.9 Å². The summed E-state index contributed by atoms with van der Waals surface area (Å²) in [5, 5.41) is 4.88. The Kier molecular flexibility index (Phi) is 2.88. The van der Waals surface area contributed by atoms with E-state index in [0.29, 0.717) is 10.2 Å². The lowest BCUT2D eigenvalue weighted by molar-refractivity contribution is 0.587. The molecule has 0 aliphatic carbocycles. The van der Waals surface area contributed by atoms with E-state index in [1.807, 2.05) is 42.5 Å². The van der Waals surface area contributed by atoms with Crippen molar-refractivity contribution in [1.82, 2.24) is 4.98 Å². The zero-order valence-electron chi connectivity index (χ0n) is 10.8. The molecule has 4 aromatic rings. The number of hydrogen-bond acceptors (Lipinski definition) is 2. The molecule has 0 amide bonds. The molecule has 0 spiro atoms. The van der Waals surface area contributed by atoms with Gasteiger partial charge in [-0.2, -0.15) is 0 Å². The maximum absolute atomic E-state index is 6.18. The standard InChI is InChI=1S/C17H9Cl2NO/c18-15-8-20-17(19)14-7-10(5-6-13(14)15)16-12-4-2-1-3-11(12)9-21-16/h1-9H. The molecule has 0 aliphatic heterocycles. The number of aromatic nitrogens is 1. The second-order valence-corrected chi connectivity index (χ2v) is 5.57. The number of pyridine rings is 1. The largest absolute Gasteiger partial charge is 0.463 e. The van der Waals surface area contributed by atoms with Crippen LogP contribution in [0.2, 0.25) is 10.2 Å². The molecule has 0 unspecified atom stereocenters. The van der Waals surface area contributed by atoms with Gasteiger partial charge in [-0.3, -0.25) is 0 Å². The van der Waals surface area contributed by atoms with Crippen molar-refractivity contribution in [3.8, 4) is 11.3 Å². The minimum Gasteiger partial charge on any atom is -0.463 e. The molecule has 2 nitrogen and oxygen atoms in total. The molecule has 0 saturated carbocycles. The van der Waals surface area contributed by atoms with E-state index in [4.69, 9.17) is 27.6 Å². The van der Waals surface area contributed by atoms with Crippen LogP contribution in [0.4, 0.5) is 0 Å². The van der Waals surface area contributed by atoms with Crippen molar-refractivity contribution in [2.75, 3.05) is 0 Å². The topological polar surface area (TPSA) is 26.0 Å². The molecule has 0 saturated heterocycles. The number of benzene rings is 2. The van der Waals surface area contributed by atoms with Gasteiger partial charge in [0.05, 0.1) is 11.3 Å². The van der Waals surface area contributed by atoms with Gasteiger partial charge >= 0.3 is 0 Å². The van der Waals surface area contributed by atoms with Gasteiger partial charge in [0.25, 0.3) is 0 Å². The Bertz CT molecular complexity index is 975. The van der Waals surface area contributed by atoms with Gasteiger partial charge in [0.1, 0.15) is 10.9 Å². The van der Waals surface area contributed by atoms with Crippen LogP contribution in [0.3, 0.4) is 0 Å². The van der Waals surface area contributed by atoms with Crippen molar-refractivity contribution >= 4 is 44.7 Å². The maximum atomic E-state index is 6.18. The first-order valence-corrected chi connectivity index (χ1v) is 7.20. The summed E-state index contributed by atoms with van der Waals surface area (Å²) >= 11 is 12.3. The third kappa shape index (κ3) is 1.99. The highest BCUT2D eigenvalue weighted by molar-refractivity contribution is 6.39. The Balaban J connectivity index is 2.01. The highest BCUT2D eigenvalue weighted by atomic mass is 35.5. The van der Waals surface area contributed by atoms with E-state index in [1.165, 1.54) is 0 Å². The van der Waals surface area contributed by atoms with E-state index in [-0.39, 0.29) is 0 Å². The molecule has 0 fully saturated rings. The first-order chi connectivity index (χ1) is 10.2. The maximum Gasteiger partial charge on any atom is 0.141 e. The number of furan rings is 1. The molecule has 0 radical (unpaired) electrons. The molecular weight excluding hydrogens is 305 g/mol. The minimum absolute atomic E-state index is 0.437. The van der Waals surface area contributed by atoms with Crippen molar-refractivity contribution in [3.05, 3.63) is 65.1 Å². The van der Waals surface area contributed by atoms with Crippen LogP contribution in [0, 0.1) is 0 Å². The second-order valence-electron chi connectivity index (χ2n) is 4.81. The van der Waals surface area contributed by atoms with Gasteiger partial charge in [0, 0.05) is 33.3 Å². The van der Waals surface area contributed by atoms with Gasteiger partial charge in [0.15, 0.2) is 0 Å². The van der Waals surface area contributed by atoms with E-state index in [1.54, 1.807) is 12.5 Å². The predicted octanol–water partition coefficient (Wildman–Crippen LogP) is 5.95. The summed E-state index contributed by atoms with van der Waals surface area (Å²) < 4.78 is 5.72. The summed E-state index contributed by atoms with van der Waals surface area (Å²) in [6.45, 7) is 0. The van der Waals surface area contributed by atoms with Gasteiger partial charge in [0.2, 0.25) is 0 Å². The first kappa shape index (κ1) is 12.7. The van der Waals surface area contributed by atoms with Crippen LogP contribution in [-0.4, -0.2) is 4.98 Å². The van der Waals surface area contributed by atoms with Crippen LogP contribution in [0.15, 0.2) is 59.3 Å². The predicted molar refractivity (Wildman–Crippen MR) is 87.0 cm³/mol. The van der Waals surface area contributed by atoms with E-state index < -0.39 is 0 Å². The van der Waals surface area contributed by atoms with Crippen molar-refractivity contribution < 1.29 is 4.42 Å². The molecular formula is C17H9Cl2NO. The number of hydrogen-bond donors (Lipinski definition) is 0. The highest BCUT2D eigenvalue weighted by Gasteiger charge is 2.11. The lowest BCUT2D eigenvalue weighted by Crippen LogP contribution is -1.83. The lowest BCUT2D eigenvalue weighted by atomic mass is 10.0. The SMILES string of the molecule is Clc1cnc(Cl)c2cc(-c3occ4ccccc34)ccc12. The van der Waals surface area contributed by atoms with E-state index >= 15 is 0 Å². The van der Waals surface area contributed by atoms with Crippen LogP contribution in [0.5, 0.6) is 0 Å². The van der Waals surface area contributed by atoms with Crippen LogP contribution >= 0.6 is 23.2 Å². The van der Waals surface area contributed by atoms with Crippen LogP contribution in [-0.2, 0) is 0 Å². The quantitative estimate of drug-likeness (QED) is 0.405. The second kappa shape index (κ2) is 4.76. The Labute approximate surface area is 130 Å². The van der Waals surface area contributed by atoms with Crippen molar-refractivity contribution in [2.24, 2.45) is 0 Å². The molecule has 0 atom stereocenters. The van der Waals surface area contributed by atoms with Crippen molar-refractivity contribution in [2.45, 2.75) is 0 Å². The average Bonchev–Trinajstić information content (AvgIpc) is 2.95. The zero-order chi connectivity index (χ0) is 14.4. The Morgan fingerprint density at radius 1 is 0.905 bits per heavy atom. The Morgan fingerprint density at radius 2 is 1.76 bits per heavy atom. The molecule has 0 bridgehead atoms. The Hall–Kier alpha value is -2.03. The number of nitrogens with zero attached hydrogens (tertiary/aromatic N) is 1. The summed E-state index contributed by atoms with van der Waals surface area (Å²) in [5.74, 6) is 0.823. The lowest BCUT2D eigenvalue weighted by Gasteiger charge is -2.05. The normalized spacial score (nSPS) is 11.3. The summed E-state index contributed by atoms with van der Waals surface area (Å²) in [4.78, 5) is 4.09. The molecule has 2 aromatic carbocycles. The van der Waals surface area contributed by atoms with Gasteiger partial charge in [-0.05, 0) is 6.07 Å². The molecule has 2 heterocycles. The van der Waals surface area contributed by atoms with Crippen molar-refractivity contribution in [3.63, 3.8) is 0 Å². The number of fused-ring (bicyclic) bond motifs is 2. The van der Waals surface area contributed by atoms with E-state index in [9.17, 15) is 0 Å². The first-order valence-electron chi connectivity index (χ1n) is 6.44. The van der Waals surface area contributed by atoms with Gasteiger partial charge in [-0.15, -0.1) is 0 Å². The smallest absolute Gasteiger partial charge is 0.141 e. The fourth-order valence-electron chi connectivity index (χ4n) is 2.53. The van der Waals surface area contributed by atoms with Crippen LogP contribution in [0.1, 0.15) is 0 Å². The van der Waals surface area contributed by atoms with E-state index in [2.05, 4.69) is 4.98 Å². The highest BCUT2D eigenvalue weighted by Crippen LogP contribution is 2.35. The van der Waals surface area contributed by atoms with Crippen molar-refractivity contribution in [1.29, 1.82) is 0 Å². The van der Waals surface area contributed by atoms with Crippen LogP contribution < -0.4 is 0 Å². The summed E-state index contributed by atoms with van der Waals surface area (Å²) in [7, 11) is 0. The molecule has 21 heavy (non-hydrogen) atoms. The molecule has 102 valence electrons. The molecule has 0 N–H and O–H groups in total. The Morgan fingerprint density at radius 3 is 2.67 bits per heavy atom.